The Hall–Kier alpha value is -2.50. The number of nitrogens with one attached hydrogen (secondary N) is 1. The van der Waals surface area contributed by atoms with Gasteiger partial charge in [0.2, 0.25) is 0 Å². The molecule has 1 heterocycles. The second-order valence-electron chi connectivity index (χ2n) is 4.42. The highest BCUT2D eigenvalue weighted by Gasteiger charge is 2.29. The van der Waals surface area contributed by atoms with Crippen molar-refractivity contribution in [2.45, 2.75) is 13.8 Å². The van der Waals surface area contributed by atoms with Gasteiger partial charge in [0, 0.05) is 7.05 Å². The van der Waals surface area contributed by atoms with Crippen molar-refractivity contribution in [2.24, 2.45) is 0 Å². The molecule has 21 heavy (non-hydrogen) atoms. The molecule has 112 valence electrons. The number of rotatable bonds is 5. The minimum absolute atomic E-state index is 0.245. The molecule has 1 saturated heterocycles. The SMILES string of the molecule is CCOc1ccc(/C=C2/NC(=O)N(C)C2=O)cc1OCC. The van der Waals surface area contributed by atoms with E-state index in [1.165, 1.54) is 7.05 Å². The Kier molecular flexibility index (Phi) is 4.47. The van der Waals surface area contributed by atoms with Gasteiger partial charge >= 0.3 is 6.03 Å². The van der Waals surface area contributed by atoms with Crippen LogP contribution in [0.5, 0.6) is 11.5 Å². The van der Waals surface area contributed by atoms with Gasteiger partial charge in [-0.25, -0.2) is 4.79 Å². The largest absolute Gasteiger partial charge is 0.490 e. The Labute approximate surface area is 123 Å². The highest BCUT2D eigenvalue weighted by atomic mass is 16.5. The first-order valence-corrected chi connectivity index (χ1v) is 6.77. The van der Waals surface area contributed by atoms with Gasteiger partial charge in [0.1, 0.15) is 5.70 Å². The zero-order chi connectivity index (χ0) is 15.4. The topological polar surface area (TPSA) is 67.9 Å². The van der Waals surface area contributed by atoms with Crippen LogP contribution in [-0.4, -0.2) is 37.1 Å². The van der Waals surface area contributed by atoms with E-state index >= 15 is 0 Å². The fourth-order valence-electron chi connectivity index (χ4n) is 1.95. The van der Waals surface area contributed by atoms with E-state index in [-0.39, 0.29) is 11.6 Å². The summed E-state index contributed by atoms with van der Waals surface area (Å²) in [6.07, 6.45) is 1.61. The lowest BCUT2D eigenvalue weighted by atomic mass is 10.1. The normalized spacial score (nSPS) is 16.3. The predicted octanol–water partition coefficient (Wildman–Crippen LogP) is 2.01. The molecule has 1 fully saturated rings. The van der Waals surface area contributed by atoms with Crippen molar-refractivity contribution in [1.82, 2.24) is 10.2 Å². The lowest BCUT2D eigenvalue weighted by Gasteiger charge is -2.11. The molecule has 0 atom stereocenters. The van der Waals surface area contributed by atoms with Gasteiger partial charge in [0.05, 0.1) is 13.2 Å². The second-order valence-corrected chi connectivity index (χ2v) is 4.42. The number of hydrogen-bond donors (Lipinski definition) is 1. The second kappa shape index (κ2) is 6.30. The van der Waals surface area contributed by atoms with Gasteiger partial charge < -0.3 is 14.8 Å². The van der Waals surface area contributed by atoms with E-state index in [0.717, 1.165) is 10.5 Å². The van der Waals surface area contributed by atoms with Crippen molar-refractivity contribution in [3.63, 3.8) is 0 Å². The average molecular weight is 290 g/mol. The van der Waals surface area contributed by atoms with Crippen molar-refractivity contribution >= 4 is 18.0 Å². The van der Waals surface area contributed by atoms with E-state index in [1.807, 2.05) is 13.8 Å². The number of amides is 3. The van der Waals surface area contributed by atoms with E-state index in [2.05, 4.69) is 5.32 Å². The molecule has 0 bridgehead atoms. The Morgan fingerprint density at radius 1 is 1.14 bits per heavy atom. The molecule has 1 aliphatic rings. The summed E-state index contributed by atoms with van der Waals surface area (Å²) in [7, 11) is 1.43. The van der Waals surface area contributed by atoms with Gasteiger partial charge in [0.25, 0.3) is 5.91 Å². The third-order valence-corrected chi connectivity index (χ3v) is 2.96. The monoisotopic (exact) mass is 290 g/mol. The molecule has 0 spiro atoms. The van der Waals surface area contributed by atoms with Gasteiger partial charge in [-0.2, -0.15) is 0 Å². The zero-order valence-electron chi connectivity index (χ0n) is 12.3. The predicted molar refractivity (Wildman–Crippen MR) is 78.1 cm³/mol. The summed E-state index contributed by atoms with van der Waals surface area (Å²) in [5, 5.41) is 2.52. The molecule has 6 nitrogen and oxygen atoms in total. The molecule has 1 aliphatic heterocycles. The standard InChI is InChI=1S/C15H18N2O4/c1-4-20-12-7-6-10(9-13(12)21-5-2)8-11-14(18)17(3)15(19)16-11/h6-9H,4-5H2,1-3H3,(H,16,19)/b11-8+. The first-order chi connectivity index (χ1) is 10.1. The molecule has 0 aromatic heterocycles. The Morgan fingerprint density at radius 3 is 2.38 bits per heavy atom. The summed E-state index contributed by atoms with van der Waals surface area (Å²) in [6.45, 7) is 4.84. The van der Waals surface area contributed by atoms with Crippen LogP contribution in [0.4, 0.5) is 4.79 Å². The highest BCUT2D eigenvalue weighted by Crippen LogP contribution is 2.29. The summed E-state index contributed by atoms with van der Waals surface area (Å²) in [4.78, 5) is 24.3. The third kappa shape index (κ3) is 3.16. The smallest absolute Gasteiger partial charge is 0.328 e. The van der Waals surface area contributed by atoms with E-state index in [9.17, 15) is 9.59 Å². The molecule has 0 radical (unpaired) electrons. The van der Waals surface area contributed by atoms with Crippen LogP contribution in [0.2, 0.25) is 0 Å². The van der Waals surface area contributed by atoms with Gasteiger partial charge in [0.15, 0.2) is 11.5 Å². The summed E-state index contributed by atoms with van der Waals surface area (Å²) in [6, 6.07) is 4.94. The van der Waals surface area contributed by atoms with Crippen LogP contribution >= 0.6 is 0 Å². The molecular weight excluding hydrogens is 272 g/mol. The van der Waals surface area contributed by atoms with Crippen molar-refractivity contribution in [3.8, 4) is 11.5 Å². The fourth-order valence-corrected chi connectivity index (χ4v) is 1.95. The van der Waals surface area contributed by atoms with Crippen molar-refractivity contribution in [1.29, 1.82) is 0 Å². The summed E-state index contributed by atoms with van der Waals surface area (Å²) in [5.41, 5.74) is 0.995. The van der Waals surface area contributed by atoms with E-state index in [4.69, 9.17) is 9.47 Å². The summed E-state index contributed by atoms with van der Waals surface area (Å²) < 4.78 is 11.0. The number of ether oxygens (including phenoxy) is 2. The van der Waals surface area contributed by atoms with Gasteiger partial charge in [-0.1, -0.05) is 6.07 Å². The summed E-state index contributed by atoms with van der Waals surface area (Å²) in [5.74, 6) is 0.908. The average Bonchev–Trinajstić information content (AvgIpc) is 2.70. The molecule has 1 aromatic rings. The van der Waals surface area contributed by atoms with E-state index in [1.54, 1.807) is 24.3 Å². The molecule has 3 amide bonds. The van der Waals surface area contributed by atoms with Gasteiger partial charge in [-0.3, -0.25) is 9.69 Å². The van der Waals surface area contributed by atoms with Crippen molar-refractivity contribution in [3.05, 3.63) is 29.5 Å². The van der Waals surface area contributed by atoms with Crippen molar-refractivity contribution < 1.29 is 19.1 Å². The maximum atomic E-state index is 11.8. The summed E-state index contributed by atoms with van der Waals surface area (Å²) >= 11 is 0. The fraction of sp³-hybridized carbons (Fsp3) is 0.333. The van der Waals surface area contributed by atoms with Crippen LogP contribution in [0.1, 0.15) is 19.4 Å². The minimum Gasteiger partial charge on any atom is -0.490 e. The van der Waals surface area contributed by atoms with Crippen LogP contribution in [-0.2, 0) is 4.79 Å². The number of benzene rings is 1. The number of carbonyl (C=O) groups excluding carboxylic acids is 2. The molecule has 0 aliphatic carbocycles. The van der Waals surface area contributed by atoms with Crippen LogP contribution in [0.15, 0.2) is 23.9 Å². The number of carbonyl (C=O) groups is 2. The number of imide groups is 1. The minimum atomic E-state index is -0.429. The molecule has 2 rings (SSSR count). The Bertz CT molecular complexity index is 595. The molecule has 1 N–H and O–H groups in total. The molecule has 0 saturated carbocycles. The van der Waals surface area contributed by atoms with Gasteiger partial charge in [-0.15, -0.1) is 0 Å². The lowest BCUT2D eigenvalue weighted by Crippen LogP contribution is -2.25. The highest BCUT2D eigenvalue weighted by molar-refractivity contribution is 6.13. The molecule has 6 heteroatoms. The number of urea groups is 1. The quantitative estimate of drug-likeness (QED) is 0.665. The maximum Gasteiger partial charge on any atom is 0.328 e. The number of hydrogen-bond acceptors (Lipinski definition) is 4. The van der Waals surface area contributed by atoms with Gasteiger partial charge in [-0.05, 0) is 37.6 Å². The van der Waals surface area contributed by atoms with E-state index < -0.39 is 6.03 Å². The molecule has 1 aromatic carbocycles. The molecule has 0 unspecified atom stereocenters. The number of nitrogens with zero attached hydrogens (tertiary/aromatic N) is 1. The molecular formula is C15H18N2O4. The zero-order valence-corrected chi connectivity index (χ0v) is 12.3. The van der Waals surface area contributed by atoms with Crippen LogP contribution in [0.25, 0.3) is 6.08 Å². The first kappa shape index (κ1) is 14.9. The first-order valence-electron chi connectivity index (χ1n) is 6.77. The van der Waals surface area contributed by atoms with Crippen LogP contribution in [0, 0.1) is 0 Å². The van der Waals surface area contributed by atoms with Crippen molar-refractivity contribution in [2.75, 3.05) is 20.3 Å². The number of likely N-dealkylation sites (N-methyl/N-ethyl adjacent to an activating group) is 1. The maximum absolute atomic E-state index is 11.8. The van der Waals surface area contributed by atoms with Crippen LogP contribution in [0.3, 0.4) is 0 Å². The third-order valence-electron chi connectivity index (χ3n) is 2.96. The lowest BCUT2D eigenvalue weighted by molar-refractivity contribution is -0.121. The Balaban J connectivity index is 2.30. The van der Waals surface area contributed by atoms with Crippen LogP contribution < -0.4 is 14.8 Å². The Morgan fingerprint density at radius 2 is 1.81 bits per heavy atom. The van der Waals surface area contributed by atoms with E-state index in [0.29, 0.717) is 24.7 Å².